The molecule has 2 aromatic heterocycles. The van der Waals surface area contributed by atoms with E-state index in [-0.39, 0.29) is 0 Å². The lowest BCUT2D eigenvalue weighted by Gasteiger charge is -2.09. The van der Waals surface area contributed by atoms with Crippen molar-refractivity contribution in [2.45, 2.75) is 12.5 Å². The van der Waals surface area contributed by atoms with Crippen LogP contribution < -0.4 is 9.47 Å². The van der Waals surface area contributed by atoms with Gasteiger partial charge in [0.25, 0.3) is 0 Å². The minimum atomic E-state index is 0.468. The highest BCUT2D eigenvalue weighted by Crippen LogP contribution is 2.34. The molecule has 0 atom stereocenters. The van der Waals surface area contributed by atoms with Crippen LogP contribution in [0.2, 0.25) is 0 Å². The SMILES string of the molecule is COc1ccc(-c2csc(-c3cc4cc(OCc5ccccc5CCl)ccc4o3)n2)cc1. The summed E-state index contributed by atoms with van der Waals surface area (Å²) < 4.78 is 17.3. The zero-order valence-corrected chi connectivity index (χ0v) is 19.0. The number of furan rings is 1. The Morgan fingerprint density at radius 3 is 2.50 bits per heavy atom. The van der Waals surface area contributed by atoms with Crippen molar-refractivity contribution in [1.82, 2.24) is 4.98 Å². The number of methoxy groups -OCH3 is 1. The molecule has 6 heteroatoms. The van der Waals surface area contributed by atoms with Crippen LogP contribution in [-0.4, -0.2) is 12.1 Å². The summed E-state index contributed by atoms with van der Waals surface area (Å²) in [5.41, 5.74) is 4.92. The van der Waals surface area contributed by atoms with Crippen LogP contribution in [0.1, 0.15) is 11.1 Å². The lowest BCUT2D eigenvalue weighted by Crippen LogP contribution is -1.98. The highest BCUT2D eigenvalue weighted by molar-refractivity contribution is 7.13. The molecular formula is C26H20ClNO3S. The number of fused-ring (bicyclic) bond motifs is 1. The number of aromatic nitrogens is 1. The summed E-state index contributed by atoms with van der Waals surface area (Å²) >= 11 is 7.59. The van der Waals surface area contributed by atoms with Crippen molar-refractivity contribution in [3.63, 3.8) is 0 Å². The summed E-state index contributed by atoms with van der Waals surface area (Å²) in [6.07, 6.45) is 0. The number of rotatable bonds is 7. The second-order valence-electron chi connectivity index (χ2n) is 7.27. The van der Waals surface area contributed by atoms with Crippen LogP contribution in [0.15, 0.2) is 82.6 Å². The van der Waals surface area contributed by atoms with Gasteiger partial charge in [0.1, 0.15) is 23.7 Å². The summed E-state index contributed by atoms with van der Waals surface area (Å²) in [7, 11) is 1.66. The minimum absolute atomic E-state index is 0.468. The van der Waals surface area contributed by atoms with Gasteiger partial charge in [0, 0.05) is 22.2 Å². The molecule has 0 N–H and O–H groups in total. The second-order valence-corrected chi connectivity index (χ2v) is 8.39. The molecule has 32 heavy (non-hydrogen) atoms. The van der Waals surface area contributed by atoms with E-state index in [0.717, 1.165) is 55.6 Å². The number of thiazole rings is 1. The van der Waals surface area contributed by atoms with Gasteiger partial charge in [-0.2, -0.15) is 0 Å². The zero-order chi connectivity index (χ0) is 21.9. The van der Waals surface area contributed by atoms with E-state index in [1.165, 1.54) is 0 Å². The van der Waals surface area contributed by atoms with Gasteiger partial charge >= 0.3 is 0 Å². The third-order valence-electron chi connectivity index (χ3n) is 5.25. The second kappa shape index (κ2) is 9.07. The first-order chi connectivity index (χ1) is 15.7. The maximum absolute atomic E-state index is 6.05. The Kier molecular flexibility index (Phi) is 5.84. The van der Waals surface area contributed by atoms with Crippen molar-refractivity contribution >= 4 is 33.9 Å². The molecule has 5 aromatic rings. The van der Waals surface area contributed by atoms with Gasteiger partial charge in [-0.3, -0.25) is 0 Å². The summed E-state index contributed by atoms with van der Waals surface area (Å²) in [4.78, 5) is 4.76. The average Bonchev–Trinajstić information content (AvgIpc) is 3.50. The quantitative estimate of drug-likeness (QED) is 0.235. The summed E-state index contributed by atoms with van der Waals surface area (Å²) in [6.45, 7) is 0.469. The van der Waals surface area contributed by atoms with Crippen molar-refractivity contribution in [3.05, 3.63) is 89.3 Å². The summed E-state index contributed by atoms with van der Waals surface area (Å²) in [5.74, 6) is 2.82. The van der Waals surface area contributed by atoms with Crippen molar-refractivity contribution < 1.29 is 13.9 Å². The maximum Gasteiger partial charge on any atom is 0.164 e. The van der Waals surface area contributed by atoms with Gasteiger partial charge in [-0.25, -0.2) is 4.98 Å². The van der Waals surface area contributed by atoms with E-state index in [9.17, 15) is 0 Å². The topological polar surface area (TPSA) is 44.5 Å². The van der Waals surface area contributed by atoms with E-state index in [0.29, 0.717) is 12.5 Å². The van der Waals surface area contributed by atoms with Crippen molar-refractivity contribution in [2.75, 3.05) is 7.11 Å². The lowest BCUT2D eigenvalue weighted by molar-refractivity contribution is 0.305. The van der Waals surface area contributed by atoms with Gasteiger partial charge in [-0.1, -0.05) is 24.3 Å². The fourth-order valence-electron chi connectivity index (χ4n) is 3.49. The Morgan fingerprint density at radius 2 is 1.72 bits per heavy atom. The van der Waals surface area contributed by atoms with E-state index in [4.69, 9.17) is 30.5 Å². The van der Waals surface area contributed by atoms with Crippen molar-refractivity contribution in [3.8, 4) is 33.5 Å². The molecule has 0 aliphatic heterocycles. The molecule has 4 nitrogen and oxygen atoms in total. The van der Waals surface area contributed by atoms with Gasteiger partial charge in [-0.05, 0) is 59.7 Å². The van der Waals surface area contributed by atoms with E-state index in [2.05, 4.69) is 0 Å². The van der Waals surface area contributed by atoms with Gasteiger partial charge in [0.2, 0.25) is 0 Å². The molecule has 0 spiro atoms. The van der Waals surface area contributed by atoms with Crippen LogP contribution in [0.4, 0.5) is 0 Å². The van der Waals surface area contributed by atoms with Crippen LogP contribution >= 0.6 is 22.9 Å². The fourth-order valence-corrected chi connectivity index (χ4v) is 4.53. The van der Waals surface area contributed by atoms with E-state index >= 15 is 0 Å². The van der Waals surface area contributed by atoms with E-state index in [1.54, 1.807) is 18.4 Å². The Labute approximate surface area is 195 Å². The highest BCUT2D eigenvalue weighted by atomic mass is 35.5. The highest BCUT2D eigenvalue weighted by Gasteiger charge is 2.13. The number of benzene rings is 3. The molecule has 0 saturated heterocycles. The number of hydrogen-bond acceptors (Lipinski definition) is 5. The van der Waals surface area contributed by atoms with Crippen LogP contribution in [0, 0.1) is 0 Å². The molecule has 5 rings (SSSR count). The van der Waals surface area contributed by atoms with Crippen LogP contribution in [0.3, 0.4) is 0 Å². The minimum Gasteiger partial charge on any atom is -0.497 e. The van der Waals surface area contributed by atoms with Crippen LogP contribution in [0.5, 0.6) is 11.5 Å². The van der Waals surface area contributed by atoms with E-state index in [1.807, 2.05) is 78.2 Å². The summed E-state index contributed by atoms with van der Waals surface area (Å²) in [5, 5.41) is 3.85. The van der Waals surface area contributed by atoms with Crippen molar-refractivity contribution in [2.24, 2.45) is 0 Å². The smallest absolute Gasteiger partial charge is 0.164 e. The van der Waals surface area contributed by atoms with E-state index < -0.39 is 0 Å². The first-order valence-electron chi connectivity index (χ1n) is 10.1. The van der Waals surface area contributed by atoms with Gasteiger partial charge in [0.05, 0.1) is 12.8 Å². The fraction of sp³-hybridized carbons (Fsp3) is 0.115. The molecule has 0 aliphatic rings. The van der Waals surface area contributed by atoms with Gasteiger partial charge in [-0.15, -0.1) is 22.9 Å². The molecule has 0 saturated carbocycles. The normalized spacial score (nSPS) is 11.1. The molecule has 3 aromatic carbocycles. The first-order valence-corrected chi connectivity index (χ1v) is 11.5. The largest absolute Gasteiger partial charge is 0.497 e. The standard InChI is InChI=1S/C26H20ClNO3S/c1-29-21-8-6-17(7-9-21)23-16-32-26(28-23)25-13-20-12-22(10-11-24(20)31-25)30-15-19-5-3-2-4-18(19)14-27/h2-13,16H,14-15H2,1H3. The molecular weight excluding hydrogens is 442 g/mol. The van der Waals surface area contributed by atoms with Crippen molar-refractivity contribution in [1.29, 1.82) is 0 Å². The molecule has 0 unspecified atom stereocenters. The molecule has 0 bridgehead atoms. The molecule has 160 valence electrons. The predicted octanol–water partition coefficient (Wildman–Crippen LogP) is 7.55. The molecule has 0 fully saturated rings. The zero-order valence-electron chi connectivity index (χ0n) is 17.4. The predicted molar refractivity (Wildman–Crippen MR) is 130 cm³/mol. The lowest BCUT2D eigenvalue weighted by atomic mass is 10.1. The summed E-state index contributed by atoms with van der Waals surface area (Å²) in [6, 6.07) is 23.8. The number of halogens is 1. The number of ether oxygens (including phenoxy) is 2. The monoisotopic (exact) mass is 461 g/mol. The van der Waals surface area contributed by atoms with Crippen LogP contribution in [0.25, 0.3) is 33.0 Å². The van der Waals surface area contributed by atoms with Gasteiger partial charge < -0.3 is 13.9 Å². The van der Waals surface area contributed by atoms with Gasteiger partial charge in [0.15, 0.2) is 10.8 Å². The maximum atomic E-state index is 6.05. The first kappa shape index (κ1) is 20.6. The Bertz CT molecular complexity index is 1360. The average molecular weight is 462 g/mol. The number of alkyl halides is 1. The van der Waals surface area contributed by atoms with Crippen LogP contribution in [-0.2, 0) is 12.5 Å². The molecule has 0 aliphatic carbocycles. The third-order valence-corrected chi connectivity index (χ3v) is 6.39. The molecule has 0 amide bonds. The Balaban J connectivity index is 1.35. The molecule has 2 heterocycles. The number of hydrogen-bond donors (Lipinski definition) is 0. The third kappa shape index (κ3) is 4.22. The Morgan fingerprint density at radius 1 is 0.938 bits per heavy atom. The molecule has 0 radical (unpaired) electrons. The number of nitrogens with zero attached hydrogens (tertiary/aromatic N) is 1. The Hall–Kier alpha value is -3.28.